The number of nitrogens with one attached hydrogen (secondary N) is 2. The molecule has 0 amide bonds. The number of nitro benzene ring substituents is 1. The van der Waals surface area contributed by atoms with Gasteiger partial charge in [0.25, 0.3) is 5.69 Å². The van der Waals surface area contributed by atoms with Gasteiger partial charge >= 0.3 is 0 Å². The van der Waals surface area contributed by atoms with Crippen LogP contribution in [0.15, 0.2) is 23.1 Å². The van der Waals surface area contributed by atoms with E-state index in [1.165, 1.54) is 18.2 Å². The maximum Gasteiger partial charge on any atom is 0.269 e. The summed E-state index contributed by atoms with van der Waals surface area (Å²) in [6.07, 6.45) is 3.16. The minimum Gasteiger partial charge on any atom is -0.313 e. The van der Waals surface area contributed by atoms with Gasteiger partial charge < -0.3 is 5.32 Å². The van der Waals surface area contributed by atoms with Crippen molar-refractivity contribution < 1.29 is 13.3 Å². The van der Waals surface area contributed by atoms with Crippen molar-refractivity contribution in [3.05, 3.63) is 33.9 Å². The SMILES string of the molecule is Cc1cc([N+](=O)[O-])ccc1S(=O)(=O)NCC1CCCCN1. The summed E-state index contributed by atoms with van der Waals surface area (Å²) < 4.78 is 27.1. The van der Waals surface area contributed by atoms with E-state index >= 15 is 0 Å². The van der Waals surface area contributed by atoms with Gasteiger partial charge in [-0.3, -0.25) is 10.1 Å². The predicted octanol–water partition coefficient (Wildman–Crippen LogP) is 1.32. The van der Waals surface area contributed by atoms with Crippen molar-refractivity contribution in [2.45, 2.75) is 37.1 Å². The lowest BCUT2D eigenvalue weighted by Gasteiger charge is -2.23. The summed E-state index contributed by atoms with van der Waals surface area (Å²) in [5.74, 6) is 0. The van der Waals surface area contributed by atoms with Crippen molar-refractivity contribution in [3.8, 4) is 0 Å². The van der Waals surface area contributed by atoms with Crippen LogP contribution in [0.25, 0.3) is 0 Å². The first-order chi connectivity index (χ1) is 9.90. The number of aryl methyl sites for hydroxylation is 1. The van der Waals surface area contributed by atoms with Crippen molar-refractivity contribution in [1.29, 1.82) is 0 Å². The number of hydrogen-bond acceptors (Lipinski definition) is 5. The fourth-order valence-electron chi connectivity index (χ4n) is 2.43. The number of rotatable bonds is 5. The Morgan fingerprint density at radius 2 is 2.19 bits per heavy atom. The van der Waals surface area contributed by atoms with Gasteiger partial charge in [-0.2, -0.15) is 0 Å². The Kier molecular flexibility index (Phi) is 4.92. The molecule has 2 rings (SSSR count). The van der Waals surface area contributed by atoms with Crippen LogP contribution >= 0.6 is 0 Å². The van der Waals surface area contributed by atoms with Crippen LogP contribution in [0.4, 0.5) is 5.69 Å². The first kappa shape index (κ1) is 15.9. The van der Waals surface area contributed by atoms with Gasteiger partial charge in [0.15, 0.2) is 0 Å². The van der Waals surface area contributed by atoms with Gasteiger partial charge in [0, 0.05) is 24.7 Å². The van der Waals surface area contributed by atoms with Gasteiger partial charge in [-0.05, 0) is 37.9 Å². The molecule has 1 aromatic carbocycles. The molecule has 0 bridgehead atoms. The molecule has 1 atom stereocenters. The van der Waals surface area contributed by atoms with Crippen molar-refractivity contribution in [1.82, 2.24) is 10.0 Å². The van der Waals surface area contributed by atoms with E-state index in [1.807, 2.05) is 0 Å². The standard InChI is InChI=1S/C13H19N3O4S/c1-10-8-12(16(17)18)5-6-13(10)21(19,20)15-9-11-4-2-3-7-14-11/h5-6,8,11,14-15H,2-4,7,9H2,1H3. The minimum absolute atomic E-state index is 0.0870. The summed E-state index contributed by atoms with van der Waals surface area (Å²) >= 11 is 0. The summed E-state index contributed by atoms with van der Waals surface area (Å²) in [6.45, 7) is 2.79. The maximum atomic E-state index is 12.3. The summed E-state index contributed by atoms with van der Waals surface area (Å²) in [6, 6.07) is 3.91. The van der Waals surface area contributed by atoms with Crippen LogP contribution in [0.5, 0.6) is 0 Å². The Morgan fingerprint density at radius 1 is 1.43 bits per heavy atom. The second kappa shape index (κ2) is 6.50. The number of hydrogen-bond donors (Lipinski definition) is 2. The Labute approximate surface area is 123 Å². The van der Waals surface area contributed by atoms with E-state index in [0.717, 1.165) is 25.8 Å². The third-order valence-electron chi connectivity index (χ3n) is 3.59. The smallest absolute Gasteiger partial charge is 0.269 e. The van der Waals surface area contributed by atoms with Crippen molar-refractivity contribution in [3.63, 3.8) is 0 Å². The van der Waals surface area contributed by atoms with Crippen LogP contribution < -0.4 is 10.0 Å². The summed E-state index contributed by atoms with van der Waals surface area (Å²) in [5, 5.41) is 13.9. The molecule has 0 saturated carbocycles. The lowest BCUT2D eigenvalue weighted by atomic mass is 10.1. The molecule has 1 saturated heterocycles. The molecule has 1 unspecified atom stereocenters. The molecule has 1 heterocycles. The average Bonchev–Trinajstić information content (AvgIpc) is 2.46. The molecule has 0 radical (unpaired) electrons. The molecule has 116 valence electrons. The molecule has 0 aromatic heterocycles. The summed E-state index contributed by atoms with van der Waals surface area (Å²) in [7, 11) is -3.65. The van der Waals surface area contributed by atoms with Gasteiger partial charge in [-0.15, -0.1) is 0 Å². The summed E-state index contributed by atoms with van der Waals surface area (Å²) in [5.41, 5.74) is 0.258. The number of piperidine rings is 1. The molecule has 8 heteroatoms. The fraction of sp³-hybridized carbons (Fsp3) is 0.538. The van der Waals surface area contributed by atoms with Crippen LogP contribution in [0.2, 0.25) is 0 Å². The maximum absolute atomic E-state index is 12.3. The molecule has 7 nitrogen and oxygen atoms in total. The second-order valence-electron chi connectivity index (χ2n) is 5.21. The van der Waals surface area contributed by atoms with Gasteiger partial charge in [0.2, 0.25) is 10.0 Å². The van der Waals surface area contributed by atoms with Crippen molar-refractivity contribution in [2.75, 3.05) is 13.1 Å². The number of benzene rings is 1. The molecular formula is C13H19N3O4S. The van der Waals surface area contributed by atoms with Crippen LogP contribution in [-0.2, 0) is 10.0 Å². The van der Waals surface area contributed by atoms with E-state index in [9.17, 15) is 18.5 Å². The molecule has 1 aliphatic heterocycles. The average molecular weight is 313 g/mol. The zero-order valence-electron chi connectivity index (χ0n) is 11.8. The Hall–Kier alpha value is -1.51. The van der Waals surface area contributed by atoms with E-state index in [-0.39, 0.29) is 16.6 Å². The quantitative estimate of drug-likeness (QED) is 0.630. The monoisotopic (exact) mass is 313 g/mol. The fourth-order valence-corrected chi connectivity index (χ4v) is 3.74. The molecule has 2 N–H and O–H groups in total. The lowest BCUT2D eigenvalue weighted by Crippen LogP contribution is -2.43. The predicted molar refractivity (Wildman–Crippen MR) is 78.7 cm³/mol. The van der Waals surface area contributed by atoms with Crippen LogP contribution in [-0.4, -0.2) is 32.5 Å². The molecular weight excluding hydrogens is 294 g/mol. The largest absolute Gasteiger partial charge is 0.313 e. The lowest BCUT2D eigenvalue weighted by molar-refractivity contribution is -0.385. The molecule has 21 heavy (non-hydrogen) atoms. The number of nitro groups is 1. The van der Waals surface area contributed by atoms with E-state index < -0.39 is 14.9 Å². The van der Waals surface area contributed by atoms with Crippen molar-refractivity contribution >= 4 is 15.7 Å². The molecule has 1 aromatic rings. The highest BCUT2D eigenvalue weighted by Crippen LogP contribution is 2.21. The zero-order valence-corrected chi connectivity index (χ0v) is 12.6. The second-order valence-corrected chi connectivity index (χ2v) is 6.94. The minimum atomic E-state index is -3.65. The highest BCUT2D eigenvalue weighted by Gasteiger charge is 2.21. The molecule has 1 fully saturated rings. The summed E-state index contributed by atoms with van der Waals surface area (Å²) in [4.78, 5) is 10.2. The topological polar surface area (TPSA) is 101 Å². The van der Waals surface area contributed by atoms with Crippen LogP contribution in [0, 0.1) is 17.0 Å². The van der Waals surface area contributed by atoms with Gasteiger partial charge in [0.1, 0.15) is 0 Å². The first-order valence-corrected chi connectivity index (χ1v) is 8.36. The Morgan fingerprint density at radius 3 is 2.76 bits per heavy atom. The molecule has 1 aliphatic rings. The van der Waals surface area contributed by atoms with Crippen LogP contribution in [0.1, 0.15) is 24.8 Å². The molecule has 0 spiro atoms. The number of nitrogens with zero attached hydrogens (tertiary/aromatic N) is 1. The highest BCUT2D eigenvalue weighted by atomic mass is 32.2. The Bertz CT molecular complexity index is 624. The first-order valence-electron chi connectivity index (χ1n) is 6.88. The highest BCUT2D eigenvalue weighted by molar-refractivity contribution is 7.89. The zero-order chi connectivity index (χ0) is 15.5. The van der Waals surface area contributed by atoms with Gasteiger partial charge in [-0.1, -0.05) is 6.42 Å². The number of non-ortho nitro benzene ring substituents is 1. The van der Waals surface area contributed by atoms with Crippen LogP contribution in [0.3, 0.4) is 0 Å². The Balaban J connectivity index is 2.10. The van der Waals surface area contributed by atoms with Gasteiger partial charge in [-0.25, -0.2) is 13.1 Å². The van der Waals surface area contributed by atoms with E-state index in [1.54, 1.807) is 6.92 Å². The normalized spacial score (nSPS) is 19.4. The molecule has 0 aliphatic carbocycles. The third kappa shape index (κ3) is 3.99. The van der Waals surface area contributed by atoms with Crippen molar-refractivity contribution in [2.24, 2.45) is 0 Å². The third-order valence-corrected chi connectivity index (χ3v) is 5.17. The van der Waals surface area contributed by atoms with Gasteiger partial charge in [0.05, 0.1) is 9.82 Å². The van der Waals surface area contributed by atoms with E-state index in [2.05, 4.69) is 10.0 Å². The van der Waals surface area contributed by atoms with E-state index in [4.69, 9.17) is 0 Å². The number of sulfonamides is 1. The van der Waals surface area contributed by atoms with E-state index in [0.29, 0.717) is 12.1 Å².